The van der Waals surface area contributed by atoms with Crippen LogP contribution in [0.2, 0.25) is 0 Å². The number of esters is 1. The molecular formula is C20H23N7O2. The Labute approximate surface area is 168 Å². The van der Waals surface area contributed by atoms with E-state index in [9.17, 15) is 4.79 Å². The number of hydrogen-bond donors (Lipinski definition) is 2. The SMILES string of the molecule is Cc1ccccc1Nc1nc(N)nc(COC(=O)/C=C\c2c(C)nn(C)c2C)n1. The summed E-state index contributed by atoms with van der Waals surface area (Å²) in [6, 6.07) is 7.71. The van der Waals surface area contributed by atoms with Crippen LogP contribution in [0, 0.1) is 20.8 Å². The first kappa shape index (κ1) is 20.0. The molecule has 0 unspecified atom stereocenters. The van der Waals surface area contributed by atoms with Gasteiger partial charge in [0.1, 0.15) is 0 Å². The van der Waals surface area contributed by atoms with Crippen molar-refractivity contribution in [3.05, 3.63) is 58.7 Å². The summed E-state index contributed by atoms with van der Waals surface area (Å²) in [6.07, 6.45) is 3.04. The summed E-state index contributed by atoms with van der Waals surface area (Å²) in [7, 11) is 1.85. The molecule has 1 aromatic carbocycles. The van der Waals surface area contributed by atoms with Crippen LogP contribution in [0.3, 0.4) is 0 Å². The van der Waals surface area contributed by atoms with Gasteiger partial charge in [0.2, 0.25) is 11.9 Å². The number of nitrogen functional groups attached to an aromatic ring is 1. The molecule has 0 saturated carbocycles. The van der Waals surface area contributed by atoms with E-state index in [1.807, 2.05) is 52.1 Å². The first-order valence-electron chi connectivity index (χ1n) is 9.01. The fourth-order valence-electron chi connectivity index (χ4n) is 2.76. The number of hydrogen-bond acceptors (Lipinski definition) is 8. The Morgan fingerprint density at radius 1 is 1.21 bits per heavy atom. The molecule has 2 heterocycles. The van der Waals surface area contributed by atoms with Crippen LogP contribution in [0.15, 0.2) is 30.3 Å². The molecule has 9 heteroatoms. The Morgan fingerprint density at radius 3 is 2.66 bits per heavy atom. The van der Waals surface area contributed by atoms with Crippen molar-refractivity contribution in [2.45, 2.75) is 27.4 Å². The molecule has 0 bridgehead atoms. The van der Waals surface area contributed by atoms with Crippen molar-refractivity contribution < 1.29 is 9.53 Å². The zero-order valence-electron chi connectivity index (χ0n) is 16.8. The summed E-state index contributed by atoms with van der Waals surface area (Å²) in [5.74, 6) is 0.0680. The number of anilines is 3. The van der Waals surface area contributed by atoms with E-state index in [2.05, 4.69) is 25.4 Å². The van der Waals surface area contributed by atoms with Gasteiger partial charge in [-0.25, -0.2) is 4.79 Å². The van der Waals surface area contributed by atoms with E-state index in [-0.39, 0.29) is 24.3 Å². The second-order valence-corrected chi connectivity index (χ2v) is 6.52. The highest BCUT2D eigenvalue weighted by atomic mass is 16.5. The molecule has 0 aliphatic rings. The van der Waals surface area contributed by atoms with Crippen LogP contribution in [-0.4, -0.2) is 30.7 Å². The maximum atomic E-state index is 12.1. The number of aryl methyl sites for hydroxylation is 3. The largest absolute Gasteiger partial charge is 0.454 e. The minimum Gasteiger partial charge on any atom is -0.454 e. The van der Waals surface area contributed by atoms with Crippen molar-refractivity contribution in [2.24, 2.45) is 7.05 Å². The van der Waals surface area contributed by atoms with Crippen molar-refractivity contribution in [1.82, 2.24) is 24.7 Å². The third kappa shape index (κ3) is 4.95. The molecule has 0 saturated heterocycles. The first-order chi connectivity index (χ1) is 13.8. The minimum atomic E-state index is -0.514. The summed E-state index contributed by atoms with van der Waals surface area (Å²) in [5, 5.41) is 7.40. The van der Waals surface area contributed by atoms with Gasteiger partial charge in [0.25, 0.3) is 0 Å². The van der Waals surface area contributed by atoms with Crippen LogP contribution in [0.5, 0.6) is 0 Å². The molecular weight excluding hydrogens is 370 g/mol. The molecule has 9 nitrogen and oxygen atoms in total. The first-order valence-corrected chi connectivity index (χ1v) is 9.01. The Kier molecular flexibility index (Phi) is 5.87. The van der Waals surface area contributed by atoms with Gasteiger partial charge in [-0.1, -0.05) is 18.2 Å². The van der Waals surface area contributed by atoms with E-state index in [1.165, 1.54) is 6.08 Å². The molecule has 0 aliphatic carbocycles. The van der Waals surface area contributed by atoms with Gasteiger partial charge in [-0.15, -0.1) is 0 Å². The molecule has 2 aromatic heterocycles. The highest BCUT2D eigenvalue weighted by Crippen LogP contribution is 2.18. The van der Waals surface area contributed by atoms with E-state index in [4.69, 9.17) is 10.5 Å². The lowest BCUT2D eigenvalue weighted by Crippen LogP contribution is -2.10. The number of ether oxygens (including phenoxy) is 1. The number of carbonyl (C=O) groups excluding carboxylic acids is 1. The molecule has 3 aromatic rings. The number of nitrogens with zero attached hydrogens (tertiary/aromatic N) is 5. The van der Waals surface area contributed by atoms with Gasteiger partial charge in [0.05, 0.1) is 5.69 Å². The molecule has 0 fully saturated rings. The number of carbonyl (C=O) groups is 1. The normalized spacial score (nSPS) is 11.0. The summed E-state index contributed by atoms with van der Waals surface area (Å²) in [5.41, 5.74) is 10.3. The number of para-hydroxylation sites is 1. The Bertz CT molecular complexity index is 1070. The second-order valence-electron chi connectivity index (χ2n) is 6.52. The van der Waals surface area contributed by atoms with E-state index < -0.39 is 5.97 Å². The number of benzene rings is 1. The van der Waals surface area contributed by atoms with Crippen molar-refractivity contribution in [1.29, 1.82) is 0 Å². The fourth-order valence-corrected chi connectivity index (χ4v) is 2.76. The Morgan fingerprint density at radius 2 is 1.97 bits per heavy atom. The zero-order chi connectivity index (χ0) is 21.0. The van der Waals surface area contributed by atoms with Gasteiger partial charge in [0.15, 0.2) is 12.4 Å². The quantitative estimate of drug-likeness (QED) is 0.484. The monoisotopic (exact) mass is 393 g/mol. The third-order valence-corrected chi connectivity index (χ3v) is 4.39. The van der Waals surface area contributed by atoms with Gasteiger partial charge >= 0.3 is 5.97 Å². The van der Waals surface area contributed by atoms with E-state index in [0.29, 0.717) is 0 Å². The minimum absolute atomic E-state index is 0.0410. The average Bonchev–Trinajstić information content (AvgIpc) is 2.91. The van der Waals surface area contributed by atoms with Gasteiger partial charge in [0, 0.05) is 30.1 Å². The van der Waals surface area contributed by atoms with Crippen LogP contribution in [0.1, 0.15) is 28.3 Å². The van der Waals surface area contributed by atoms with Gasteiger partial charge in [-0.05, 0) is 38.5 Å². The predicted octanol–water partition coefficient (Wildman–Crippen LogP) is 2.61. The molecule has 0 spiro atoms. The lowest BCUT2D eigenvalue weighted by Gasteiger charge is -2.09. The molecule has 0 aliphatic heterocycles. The van der Waals surface area contributed by atoms with E-state index in [1.54, 1.807) is 10.8 Å². The lowest BCUT2D eigenvalue weighted by atomic mass is 10.2. The van der Waals surface area contributed by atoms with E-state index in [0.717, 1.165) is 28.2 Å². The maximum Gasteiger partial charge on any atom is 0.331 e. The molecule has 0 amide bonds. The molecule has 150 valence electrons. The summed E-state index contributed by atoms with van der Waals surface area (Å²) in [4.78, 5) is 24.4. The van der Waals surface area contributed by atoms with Gasteiger partial charge in [-0.3, -0.25) is 4.68 Å². The maximum absolute atomic E-state index is 12.1. The number of nitrogens with two attached hydrogens (primary N) is 1. The third-order valence-electron chi connectivity index (χ3n) is 4.39. The molecule has 0 radical (unpaired) electrons. The second kappa shape index (κ2) is 8.51. The fraction of sp³-hybridized carbons (Fsp3) is 0.250. The van der Waals surface area contributed by atoms with Gasteiger partial charge in [-0.2, -0.15) is 20.1 Å². The summed E-state index contributed by atoms with van der Waals surface area (Å²) in [6.45, 7) is 5.66. The highest BCUT2D eigenvalue weighted by molar-refractivity contribution is 5.87. The standard InChI is InChI=1S/C20H23N7O2/c1-12-7-5-6-8-16(12)22-20-24-17(23-19(21)25-20)11-29-18(28)10-9-15-13(2)26-27(4)14(15)3/h5-10H,11H2,1-4H3,(H3,21,22,23,24,25)/b10-9-. The predicted molar refractivity (Wildman–Crippen MR) is 110 cm³/mol. The molecule has 3 rings (SSSR count). The van der Waals surface area contributed by atoms with Gasteiger partial charge < -0.3 is 15.8 Å². The van der Waals surface area contributed by atoms with Crippen LogP contribution in [-0.2, 0) is 23.2 Å². The number of aromatic nitrogens is 5. The summed E-state index contributed by atoms with van der Waals surface area (Å²) < 4.78 is 6.99. The van der Waals surface area contributed by atoms with Crippen molar-refractivity contribution >= 4 is 29.6 Å². The van der Waals surface area contributed by atoms with E-state index >= 15 is 0 Å². The zero-order valence-corrected chi connectivity index (χ0v) is 16.8. The number of rotatable bonds is 6. The van der Waals surface area contributed by atoms with Crippen molar-refractivity contribution in [3.63, 3.8) is 0 Å². The van der Waals surface area contributed by atoms with Crippen LogP contribution in [0.25, 0.3) is 6.08 Å². The molecule has 3 N–H and O–H groups in total. The van der Waals surface area contributed by atoms with Crippen molar-refractivity contribution in [2.75, 3.05) is 11.1 Å². The molecule has 0 atom stereocenters. The summed E-state index contributed by atoms with van der Waals surface area (Å²) >= 11 is 0. The smallest absolute Gasteiger partial charge is 0.331 e. The van der Waals surface area contributed by atoms with Crippen LogP contribution in [0.4, 0.5) is 17.6 Å². The molecule has 29 heavy (non-hydrogen) atoms. The lowest BCUT2D eigenvalue weighted by molar-refractivity contribution is -0.139. The number of nitrogens with one attached hydrogen (secondary N) is 1. The van der Waals surface area contributed by atoms with Crippen LogP contribution < -0.4 is 11.1 Å². The Balaban J connectivity index is 1.66. The highest BCUT2D eigenvalue weighted by Gasteiger charge is 2.10. The van der Waals surface area contributed by atoms with Crippen molar-refractivity contribution in [3.8, 4) is 0 Å². The topological polar surface area (TPSA) is 121 Å². The van der Waals surface area contributed by atoms with Crippen LogP contribution >= 0.6 is 0 Å². The Hall–Kier alpha value is -3.75. The average molecular weight is 393 g/mol.